The van der Waals surface area contributed by atoms with Gasteiger partial charge in [-0.3, -0.25) is 0 Å². The lowest BCUT2D eigenvalue weighted by molar-refractivity contribution is -0.137. The highest BCUT2D eigenvalue weighted by Crippen LogP contribution is 2.19. The first kappa shape index (κ1) is 18.4. The largest absolute Gasteiger partial charge is 0.462 e. The quantitative estimate of drug-likeness (QED) is 0.269. The zero-order chi connectivity index (χ0) is 18.9. The molecule has 0 fully saturated rings. The van der Waals surface area contributed by atoms with E-state index in [-0.39, 0.29) is 12.2 Å². The van der Waals surface area contributed by atoms with Gasteiger partial charge in [0.15, 0.2) is 5.69 Å². The van der Waals surface area contributed by atoms with Crippen LogP contribution in [0.5, 0.6) is 5.75 Å². The molecule has 0 atom stereocenters. The van der Waals surface area contributed by atoms with E-state index in [1.165, 1.54) is 18.2 Å². The summed E-state index contributed by atoms with van der Waals surface area (Å²) in [5.74, 6) is -0.913. The maximum absolute atomic E-state index is 12.1. The van der Waals surface area contributed by atoms with Gasteiger partial charge < -0.3 is 9.47 Å². The molecule has 0 aliphatic heterocycles. The monoisotopic (exact) mass is 346 g/mol. The molecule has 0 N–H and O–H groups in total. The second-order valence-electron chi connectivity index (χ2n) is 5.01. The topological polar surface area (TPSA) is 80.8 Å². The van der Waals surface area contributed by atoms with Gasteiger partial charge in [-0.05, 0) is 42.8 Å². The van der Waals surface area contributed by atoms with Crippen LogP contribution in [0.25, 0.3) is 10.9 Å². The summed E-state index contributed by atoms with van der Waals surface area (Å²) in [5.41, 5.74) is 1.22. The van der Waals surface area contributed by atoms with Gasteiger partial charge in [0.05, 0.1) is 18.7 Å². The van der Waals surface area contributed by atoms with Crippen molar-refractivity contribution in [3.05, 3.63) is 76.6 Å². The Hall–Kier alpha value is -3.90. The molecule has 0 amide bonds. The zero-order valence-electron chi connectivity index (χ0n) is 13.9. The van der Waals surface area contributed by atoms with E-state index in [4.69, 9.17) is 21.3 Å². The fraction of sp³-hybridized carbons (Fsp3) is 0.100. The average molecular weight is 346 g/mol. The number of nitriles is 1. The van der Waals surface area contributed by atoms with E-state index in [0.717, 1.165) is 0 Å². The van der Waals surface area contributed by atoms with E-state index in [0.29, 0.717) is 22.6 Å². The van der Waals surface area contributed by atoms with Gasteiger partial charge in [0.2, 0.25) is 0 Å². The number of esters is 2. The first-order valence-electron chi connectivity index (χ1n) is 7.66. The summed E-state index contributed by atoms with van der Waals surface area (Å²) < 4.78 is 10.0. The smallest absolute Gasteiger partial charge is 0.348 e. The summed E-state index contributed by atoms with van der Waals surface area (Å²) in [4.78, 5) is 27.0. The molecule has 6 nitrogen and oxygen atoms in total. The van der Waals surface area contributed by atoms with E-state index in [9.17, 15) is 9.59 Å². The van der Waals surface area contributed by atoms with E-state index < -0.39 is 11.9 Å². The summed E-state index contributed by atoms with van der Waals surface area (Å²) in [6.45, 7) is 8.72. The Balaban J connectivity index is 2.10. The number of rotatable bonds is 5. The third kappa shape index (κ3) is 4.80. The van der Waals surface area contributed by atoms with Crippen molar-refractivity contribution in [2.24, 2.45) is 0 Å². The number of ether oxygens (including phenoxy) is 2. The molecule has 128 valence electrons. The van der Waals surface area contributed by atoms with Gasteiger partial charge >= 0.3 is 11.9 Å². The van der Waals surface area contributed by atoms with Crippen molar-refractivity contribution in [2.45, 2.75) is 6.92 Å². The normalized spacial score (nSPS) is 10.3. The van der Waals surface area contributed by atoms with E-state index in [1.54, 1.807) is 49.4 Å². The lowest BCUT2D eigenvalue weighted by Crippen LogP contribution is -2.08. The van der Waals surface area contributed by atoms with Crippen LogP contribution >= 0.6 is 0 Å². The minimum atomic E-state index is -0.693. The molecule has 0 radical (unpaired) electrons. The Morgan fingerprint density at radius 1 is 1.15 bits per heavy atom. The number of carbonyl (C=O) groups excluding carboxylic acids is 2. The molecule has 0 aliphatic carbocycles. The minimum absolute atomic E-state index is 0.123. The highest BCUT2D eigenvalue weighted by Gasteiger charge is 2.11. The molecule has 0 unspecified atom stereocenters. The van der Waals surface area contributed by atoms with Crippen molar-refractivity contribution < 1.29 is 19.1 Å². The Kier molecular flexibility index (Phi) is 6.25. The van der Waals surface area contributed by atoms with Gasteiger partial charge in [0, 0.05) is 0 Å². The van der Waals surface area contributed by atoms with Crippen LogP contribution < -0.4 is 4.74 Å². The van der Waals surface area contributed by atoms with Crippen molar-refractivity contribution in [3.8, 4) is 11.8 Å². The molecule has 2 rings (SSSR count). The third-order valence-electron chi connectivity index (χ3n) is 3.25. The van der Waals surface area contributed by atoms with Gasteiger partial charge in [-0.25, -0.2) is 14.4 Å². The standard InChI is InChI=1S/C20H14N2O4/c1-3-25-19(23)16(13-21)12-14-4-6-15(7-5-14)20(24)26-18-10-8-17(22-2)9-11-18/h4-12H,3H2,1H3. The van der Waals surface area contributed by atoms with E-state index in [2.05, 4.69) is 4.85 Å². The molecule has 0 aromatic heterocycles. The number of hydrogen-bond donors (Lipinski definition) is 0. The van der Waals surface area contributed by atoms with Crippen LogP contribution in [0.2, 0.25) is 0 Å². The number of nitrogens with zero attached hydrogens (tertiary/aromatic N) is 2. The van der Waals surface area contributed by atoms with Crippen LogP contribution in [0, 0.1) is 17.9 Å². The molecule has 2 aromatic rings. The fourth-order valence-electron chi connectivity index (χ4n) is 1.98. The van der Waals surface area contributed by atoms with Gasteiger partial charge in [0.25, 0.3) is 0 Å². The molecular formula is C20H14N2O4. The second-order valence-corrected chi connectivity index (χ2v) is 5.01. The van der Waals surface area contributed by atoms with Crippen molar-refractivity contribution in [1.82, 2.24) is 0 Å². The number of benzene rings is 2. The zero-order valence-corrected chi connectivity index (χ0v) is 13.9. The van der Waals surface area contributed by atoms with Crippen LogP contribution in [-0.4, -0.2) is 18.5 Å². The van der Waals surface area contributed by atoms with E-state index >= 15 is 0 Å². The number of hydrogen-bond acceptors (Lipinski definition) is 5. The highest BCUT2D eigenvalue weighted by atomic mass is 16.5. The summed E-state index contributed by atoms with van der Waals surface area (Å²) in [6, 6.07) is 14.2. The summed E-state index contributed by atoms with van der Waals surface area (Å²) >= 11 is 0. The first-order chi connectivity index (χ1) is 12.6. The Labute approximate surface area is 150 Å². The van der Waals surface area contributed by atoms with Crippen molar-refractivity contribution in [1.29, 1.82) is 5.26 Å². The summed E-state index contributed by atoms with van der Waals surface area (Å²) in [7, 11) is 0. The molecular weight excluding hydrogens is 332 g/mol. The van der Waals surface area contributed by atoms with Gasteiger partial charge in [-0.2, -0.15) is 5.26 Å². The van der Waals surface area contributed by atoms with Crippen molar-refractivity contribution >= 4 is 23.7 Å². The molecule has 6 heteroatoms. The van der Waals surface area contributed by atoms with Crippen LogP contribution in [0.1, 0.15) is 22.8 Å². The maximum Gasteiger partial charge on any atom is 0.348 e. The minimum Gasteiger partial charge on any atom is -0.462 e. The van der Waals surface area contributed by atoms with Crippen molar-refractivity contribution in [2.75, 3.05) is 6.61 Å². The van der Waals surface area contributed by atoms with Crippen LogP contribution in [0.15, 0.2) is 54.1 Å². The lowest BCUT2D eigenvalue weighted by Gasteiger charge is -2.05. The van der Waals surface area contributed by atoms with Gasteiger partial charge in [-0.15, -0.1) is 0 Å². The molecule has 0 saturated carbocycles. The SMILES string of the molecule is [C-]#[N+]c1ccc(OC(=O)c2ccc(C=C(C#N)C(=O)OCC)cc2)cc1. The summed E-state index contributed by atoms with van der Waals surface area (Å²) in [5, 5.41) is 9.02. The van der Waals surface area contributed by atoms with Crippen LogP contribution in [0.4, 0.5) is 5.69 Å². The van der Waals surface area contributed by atoms with Gasteiger partial charge in [0.1, 0.15) is 17.4 Å². The fourth-order valence-corrected chi connectivity index (χ4v) is 1.98. The second kappa shape index (κ2) is 8.81. The molecule has 0 aliphatic rings. The number of carbonyl (C=O) groups is 2. The van der Waals surface area contributed by atoms with Gasteiger partial charge in [-0.1, -0.05) is 24.3 Å². The molecule has 2 aromatic carbocycles. The molecule has 0 saturated heterocycles. The third-order valence-corrected chi connectivity index (χ3v) is 3.25. The summed E-state index contributed by atoms with van der Waals surface area (Å²) in [6.07, 6.45) is 1.39. The Bertz CT molecular complexity index is 914. The van der Waals surface area contributed by atoms with E-state index in [1.807, 2.05) is 0 Å². The Morgan fingerprint density at radius 3 is 2.35 bits per heavy atom. The predicted octanol–water partition coefficient (Wildman–Crippen LogP) is 3.93. The first-order valence-corrected chi connectivity index (χ1v) is 7.66. The maximum atomic E-state index is 12.1. The molecule has 26 heavy (non-hydrogen) atoms. The van der Waals surface area contributed by atoms with Crippen LogP contribution in [-0.2, 0) is 9.53 Å². The molecule has 0 heterocycles. The van der Waals surface area contributed by atoms with Crippen LogP contribution in [0.3, 0.4) is 0 Å². The Morgan fingerprint density at radius 2 is 1.81 bits per heavy atom. The average Bonchev–Trinajstić information content (AvgIpc) is 2.67. The highest BCUT2D eigenvalue weighted by molar-refractivity contribution is 5.98. The molecule has 0 bridgehead atoms. The lowest BCUT2D eigenvalue weighted by atomic mass is 10.1. The molecule has 0 spiro atoms. The predicted molar refractivity (Wildman–Crippen MR) is 94.3 cm³/mol. The van der Waals surface area contributed by atoms with Crippen molar-refractivity contribution in [3.63, 3.8) is 0 Å².